The van der Waals surface area contributed by atoms with Crippen LogP contribution in [0.2, 0.25) is 0 Å². The molecule has 1 aliphatic rings. The molecule has 2 aromatic carbocycles. The van der Waals surface area contributed by atoms with E-state index in [-0.39, 0.29) is 23.8 Å². The topological polar surface area (TPSA) is 106 Å². The number of benzene rings is 1. The van der Waals surface area contributed by atoms with Crippen molar-refractivity contribution in [3.05, 3.63) is 70.8 Å². The molecule has 1 unspecified atom stereocenters. The Balaban J connectivity index is 1.52. The second-order valence-electron chi connectivity index (χ2n) is 7.99. The summed E-state index contributed by atoms with van der Waals surface area (Å²) in [6.45, 7) is 0.272. The Labute approximate surface area is 194 Å². The van der Waals surface area contributed by atoms with Gasteiger partial charge in [-0.25, -0.2) is 13.1 Å². The molecule has 0 saturated heterocycles. The number of fused-ring (bicyclic) bond motifs is 2. The predicted octanol–water partition coefficient (Wildman–Crippen LogP) is 2.71. The molecule has 1 aliphatic heterocycles. The van der Waals surface area contributed by atoms with Gasteiger partial charge in [-0.05, 0) is 29.1 Å². The Morgan fingerprint density at radius 1 is 1.12 bits per heavy atom. The first kappa shape index (κ1) is 21.7. The highest BCUT2D eigenvalue weighted by atomic mass is 32.2. The number of aliphatic imine (C=N–C) groups is 1. The molecule has 1 N–H and O–H groups in total. The van der Waals surface area contributed by atoms with Crippen molar-refractivity contribution in [2.24, 2.45) is 12.0 Å². The highest BCUT2D eigenvalue weighted by Crippen LogP contribution is 2.22. The number of sulfonamides is 1. The fourth-order valence-corrected chi connectivity index (χ4v) is 5.74. The zero-order chi connectivity index (χ0) is 23.0. The van der Waals surface area contributed by atoms with E-state index >= 15 is 0 Å². The SMILES string of the molecule is Cn1cc(-c2cnc3ccc4ccc(CS(=O)(=O)NCC5CSC=N5)cc4c(=O)c3c2)cn1. The number of rotatable bonds is 6. The lowest BCUT2D eigenvalue weighted by atomic mass is 10.1. The van der Waals surface area contributed by atoms with Crippen LogP contribution in [0.4, 0.5) is 0 Å². The summed E-state index contributed by atoms with van der Waals surface area (Å²) < 4.78 is 29.5. The van der Waals surface area contributed by atoms with E-state index in [1.165, 1.54) is 0 Å². The molecule has 0 radical (unpaired) electrons. The number of nitrogens with one attached hydrogen (secondary N) is 1. The van der Waals surface area contributed by atoms with Crippen LogP contribution in [0, 0.1) is 0 Å². The van der Waals surface area contributed by atoms with Gasteiger partial charge in [-0.2, -0.15) is 5.10 Å². The highest BCUT2D eigenvalue weighted by Gasteiger charge is 2.17. The average Bonchev–Trinajstić information content (AvgIpc) is 3.45. The maximum absolute atomic E-state index is 13.5. The first-order valence-electron chi connectivity index (χ1n) is 10.3. The molecule has 0 bridgehead atoms. The summed E-state index contributed by atoms with van der Waals surface area (Å²) >= 11 is 1.57. The molecule has 8 nitrogen and oxygen atoms in total. The van der Waals surface area contributed by atoms with Gasteiger partial charge in [0, 0.05) is 53.6 Å². The zero-order valence-corrected chi connectivity index (χ0v) is 19.4. The molecule has 3 heterocycles. The molecular formula is C23H21N5O3S2. The van der Waals surface area contributed by atoms with E-state index in [0.717, 1.165) is 22.3 Å². The Kier molecular flexibility index (Phi) is 5.73. The first-order chi connectivity index (χ1) is 15.9. The van der Waals surface area contributed by atoms with Crippen molar-refractivity contribution >= 4 is 49.0 Å². The Morgan fingerprint density at radius 2 is 1.97 bits per heavy atom. The van der Waals surface area contributed by atoms with Crippen LogP contribution < -0.4 is 10.2 Å². The minimum absolute atomic E-state index is 0.0402. The second-order valence-corrected chi connectivity index (χ2v) is 10.7. The number of aromatic nitrogens is 3. The number of hydrogen-bond acceptors (Lipinski definition) is 7. The lowest BCUT2D eigenvalue weighted by Crippen LogP contribution is -2.32. The van der Waals surface area contributed by atoms with Crippen molar-refractivity contribution in [1.29, 1.82) is 0 Å². The lowest BCUT2D eigenvalue weighted by molar-refractivity contribution is 0.575. The third kappa shape index (κ3) is 4.68. The molecular weight excluding hydrogens is 458 g/mol. The highest BCUT2D eigenvalue weighted by molar-refractivity contribution is 8.12. The number of aryl methyl sites for hydroxylation is 1. The smallest absolute Gasteiger partial charge is 0.215 e. The number of nitrogens with zero attached hydrogens (tertiary/aromatic N) is 4. The van der Waals surface area contributed by atoms with Gasteiger partial charge in [-0.1, -0.05) is 18.2 Å². The van der Waals surface area contributed by atoms with Crippen molar-refractivity contribution in [3.63, 3.8) is 0 Å². The van der Waals surface area contributed by atoms with Crippen molar-refractivity contribution in [3.8, 4) is 11.1 Å². The van der Waals surface area contributed by atoms with E-state index in [1.54, 1.807) is 52.6 Å². The average molecular weight is 480 g/mol. The van der Waals surface area contributed by atoms with Gasteiger partial charge < -0.3 is 0 Å². The van der Waals surface area contributed by atoms with Crippen molar-refractivity contribution in [1.82, 2.24) is 19.5 Å². The van der Waals surface area contributed by atoms with Gasteiger partial charge in [0.15, 0.2) is 5.43 Å². The van der Waals surface area contributed by atoms with E-state index < -0.39 is 10.0 Å². The fourth-order valence-electron chi connectivity index (χ4n) is 3.80. The van der Waals surface area contributed by atoms with E-state index in [4.69, 9.17) is 0 Å². The van der Waals surface area contributed by atoms with Crippen LogP contribution in [0.1, 0.15) is 5.56 Å². The van der Waals surface area contributed by atoms with Gasteiger partial charge in [0.05, 0.1) is 29.1 Å². The van der Waals surface area contributed by atoms with E-state index in [9.17, 15) is 13.2 Å². The molecule has 2 aromatic heterocycles. The van der Waals surface area contributed by atoms with Gasteiger partial charge in [-0.3, -0.25) is 19.5 Å². The number of pyridine rings is 1. The standard InChI is InChI=1S/C23H21N5O3S2/c1-28-11-18(9-26-28)17-7-21-22(24-8-17)5-4-16-3-2-15(6-20(16)23(21)29)13-33(30,31)27-10-19-12-32-14-25-19/h2-9,11,14,19,27H,10,12-13H2,1H3. The summed E-state index contributed by atoms with van der Waals surface area (Å²) in [6.07, 6.45) is 5.31. The molecule has 0 aliphatic carbocycles. The van der Waals surface area contributed by atoms with E-state index in [1.807, 2.05) is 31.4 Å². The minimum atomic E-state index is -3.56. The summed E-state index contributed by atoms with van der Waals surface area (Å²) in [7, 11) is -1.73. The van der Waals surface area contributed by atoms with Crippen LogP contribution in [0.25, 0.3) is 32.8 Å². The molecule has 10 heteroatoms. The summed E-state index contributed by atoms with van der Waals surface area (Å²) in [4.78, 5) is 22.2. The third-order valence-electron chi connectivity index (χ3n) is 5.51. The molecule has 0 amide bonds. The van der Waals surface area contributed by atoms with Gasteiger partial charge in [0.2, 0.25) is 10.0 Å². The van der Waals surface area contributed by atoms with Gasteiger partial charge >= 0.3 is 0 Å². The molecule has 4 aromatic rings. The van der Waals surface area contributed by atoms with Crippen LogP contribution in [0.15, 0.2) is 64.8 Å². The van der Waals surface area contributed by atoms with Gasteiger partial charge in [-0.15, -0.1) is 11.8 Å². The summed E-state index contributed by atoms with van der Waals surface area (Å²) in [5.41, 5.74) is 4.35. The second kappa shape index (κ2) is 8.69. The maximum atomic E-state index is 13.5. The van der Waals surface area contributed by atoms with E-state index in [2.05, 4.69) is 19.8 Å². The van der Waals surface area contributed by atoms with Crippen LogP contribution in [-0.4, -0.2) is 47.1 Å². The number of thioether (sulfide) groups is 1. The zero-order valence-electron chi connectivity index (χ0n) is 17.8. The van der Waals surface area contributed by atoms with Gasteiger partial charge in [0.25, 0.3) is 0 Å². The molecule has 1 atom stereocenters. The maximum Gasteiger partial charge on any atom is 0.215 e. The molecule has 0 fully saturated rings. The van der Waals surface area contributed by atoms with Gasteiger partial charge in [0.1, 0.15) is 0 Å². The fraction of sp³-hybridized carbons (Fsp3) is 0.217. The molecule has 0 spiro atoms. The monoisotopic (exact) mass is 479 g/mol. The van der Waals surface area contributed by atoms with Crippen LogP contribution in [0.3, 0.4) is 0 Å². The Hall–Kier alpha value is -3.08. The Morgan fingerprint density at radius 3 is 2.73 bits per heavy atom. The number of hydrogen-bond donors (Lipinski definition) is 1. The predicted molar refractivity (Wildman–Crippen MR) is 133 cm³/mol. The van der Waals surface area contributed by atoms with Crippen molar-refractivity contribution in [2.45, 2.75) is 11.8 Å². The molecule has 0 saturated carbocycles. The summed E-state index contributed by atoms with van der Waals surface area (Å²) in [5.74, 6) is 0.568. The van der Waals surface area contributed by atoms with Crippen molar-refractivity contribution < 1.29 is 8.42 Å². The Bertz CT molecular complexity index is 1560. The quantitative estimate of drug-likeness (QED) is 0.456. The summed E-state index contributed by atoms with van der Waals surface area (Å²) in [5, 5.41) is 5.84. The first-order valence-corrected chi connectivity index (χ1v) is 13.0. The van der Waals surface area contributed by atoms with Crippen LogP contribution in [0.5, 0.6) is 0 Å². The summed E-state index contributed by atoms with van der Waals surface area (Å²) in [6, 6.07) is 10.6. The largest absolute Gasteiger partial charge is 0.289 e. The normalized spacial score (nSPS) is 16.1. The van der Waals surface area contributed by atoms with Crippen LogP contribution >= 0.6 is 11.8 Å². The molecule has 168 valence electrons. The van der Waals surface area contributed by atoms with Crippen molar-refractivity contribution in [2.75, 3.05) is 12.3 Å². The van der Waals surface area contributed by atoms with Crippen LogP contribution in [-0.2, 0) is 22.8 Å². The molecule has 5 rings (SSSR count). The lowest BCUT2D eigenvalue weighted by Gasteiger charge is -2.09. The van der Waals surface area contributed by atoms with E-state index in [0.29, 0.717) is 21.9 Å². The third-order valence-corrected chi connectivity index (χ3v) is 7.68. The minimum Gasteiger partial charge on any atom is -0.289 e. The molecule has 33 heavy (non-hydrogen) atoms.